The number of carbonyl (C=O) groups is 2. The highest BCUT2D eigenvalue weighted by Gasteiger charge is 2.27. The van der Waals surface area contributed by atoms with Crippen molar-refractivity contribution in [3.8, 4) is 0 Å². The summed E-state index contributed by atoms with van der Waals surface area (Å²) >= 11 is 0. The summed E-state index contributed by atoms with van der Waals surface area (Å²) in [4.78, 5) is 24.2. The molecule has 1 fully saturated rings. The third-order valence-corrected chi connectivity index (χ3v) is 6.08. The topological polar surface area (TPSA) is 90.0 Å². The van der Waals surface area contributed by atoms with Gasteiger partial charge in [-0.15, -0.1) is 0 Å². The molecule has 2 aromatic rings. The summed E-state index contributed by atoms with van der Waals surface area (Å²) in [5.74, 6) is -2.27. The Morgan fingerprint density at radius 3 is 2.50 bits per heavy atom. The first-order valence-corrected chi connectivity index (χ1v) is 9.96. The Morgan fingerprint density at radius 2 is 1.79 bits per heavy atom. The molecule has 0 atom stereocenters. The number of rotatable bonds is 6. The van der Waals surface area contributed by atoms with Gasteiger partial charge in [0.1, 0.15) is 5.82 Å². The van der Waals surface area contributed by atoms with Crippen molar-refractivity contribution in [2.24, 2.45) is 0 Å². The fraction of sp³-hybridized carbons (Fsp3) is 0.263. The molecule has 1 heterocycles. The molecule has 0 radical (unpaired) electrons. The van der Waals surface area contributed by atoms with Crippen LogP contribution in [0.2, 0.25) is 0 Å². The highest BCUT2D eigenvalue weighted by Crippen LogP contribution is 2.19. The Morgan fingerprint density at radius 1 is 1.07 bits per heavy atom. The van der Waals surface area contributed by atoms with E-state index in [1.165, 1.54) is 46.8 Å². The molecule has 28 heavy (non-hydrogen) atoms. The molecular formula is C19H18FNO6S. The highest BCUT2D eigenvalue weighted by molar-refractivity contribution is 7.89. The van der Waals surface area contributed by atoms with E-state index >= 15 is 0 Å². The van der Waals surface area contributed by atoms with Crippen LogP contribution in [-0.4, -0.2) is 57.4 Å². The number of sulfonamides is 1. The number of Topliss-reactive ketones (excluding diaryl/α,β-unsaturated/α-hetero) is 1. The van der Waals surface area contributed by atoms with Crippen molar-refractivity contribution >= 4 is 21.8 Å². The molecule has 148 valence electrons. The van der Waals surface area contributed by atoms with Crippen LogP contribution in [-0.2, 0) is 19.5 Å². The van der Waals surface area contributed by atoms with Crippen molar-refractivity contribution in [3.63, 3.8) is 0 Å². The van der Waals surface area contributed by atoms with Gasteiger partial charge in [0.2, 0.25) is 15.8 Å². The van der Waals surface area contributed by atoms with E-state index in [1.807, 2.05) is 0 Å². The second-order valence-corrected chi connectivity index (χ2v) is 7.96. The van der Waals surface area contributed by atoms with Crippen molar-refractivity contribution < 1.29 is 31.9 Å². The first-order valence-electron chi connectivity index (χ1n) is 8.52. The smallest absolute Gasteiger partial charge is 0.338 e. The maximum Gasteiger partial charge on any atom is 0.338 e. The molecule has 0 N–H and O–H groups in total. The minimum atomic E-state index is -3.77. The van der Waals surface area contributed by atoms with Gasteiger partial charge in [-0.3, -0.25) is 4.79 Å². The fourth-order valence-corrected chi connectivity index (χ4v) is 4.15. The predicted octanol–water partition coefficient (Wildman–Crippen LogP) is 1.89. The third-order valence-electron chi connectivity index (χ3n) is 4.19. The Labute approximate surface area is 161 Å². The van der Waals surface area contributed by atoms with E-state index in [-0.39, 0.29) is 29.1 Å². The van der Waals surface area contributed by atoms with Gasteiger partial charge in [-0.25, -0.2) is 17.6 Å². The van der Waals surface area contributed by atoms with Crippen LogP contribution in [0, 0.1) is 5.82 Å². The number of ketones is 1. The average Bonchev–Trinajstić information content (AvgIpc) is 2.73. The van der Waals surface area contributed by atoms with Gasteiger partial charge in [0, 0.05) is 13.1 Å². The zero-order valence-electron chi connectivity index (χ0n) is 14.8. The lowest BCUT2D eigenvalue weighted by atomic mass is 10.1. The van der Waals surface area contributed by atoms with Gasteiger partial charge < -0.3 is 9.47 Å². The second kappa shape index (κ2) is 8.59. The first kappa shape index (κ1) is 20.1. The van der Waals surface area contributed by atoms with E-state index in [2.05, 4.69) is 0 Å². The monoisotopic (exact) mass is 407 g/mol. The van der Waals surface area contributed by atoms with Gasteiger partial charge in [0.05, 0.1) is 29.2 Å². The summed E-state index contributed by atoms with van der Waals surface area (Å²) in [6.07, 6.45) is 0. The van der Waals surface area contributed by atoms with E-state index in [0.717, 1.165) is 6.07 Å². The van der Waals surface area contributed by atoms with Gasteiger partial charge in [-0.2, -0.15) is 4.31 Å². The van der Waals surface area contributed by atoms with Gasteiger partial charge in [-0.1, -0.05) is 18.2 Å². The van der Waals surface area contributed by atoms with Crippen LogP contribution in [0.1, 0.15) is 20.7 Å². The third kappa shape index (κ3) is 4.44. The largest absolute Gasteiger partial charge is 0.454 e. The van der Waals surface area contributed by atoms with Crippen molar-refractivity contribution in [3.05, 3.63) is 65.5 Å². The minimum absolute atomic E-state index is 0.0179. The fourth-order valence-electron chi connectivity index (χ4n) is 2.70. The molecule has 0 bridgehead atoms. The molecule has 1 saturated heterocycles. The molecule has 0 aliphatic carbocycles. The molecule has 9 heteroatoms. The number of hydrogen-bond donors (Lipinski definition) is 0. The van der Waals surface area contributed by atoms with Crippen LogP contribution >= 0.6 is 0 Å². The zero-order chi connectivity index (χ0) is 20.1. The SMILES string of the molecule is O=C(OCC(=O)c1ccccc1F)c1cccc(S(=O)(=O)N2CCOCC2)c1. The Kier molecular flexibility index (Phi) is 6.18. The highest BCUT2D eigenvalue weighted by atomic mass is 32.2. The molecule has 2 aromatic carbocycles. The van der Waals surface area contributed by atoms with Gasteiger partial charge in [0.25, 0.3) is 0 Å². The Balaban J connectivity index is 1.70. The van der Waals surface area contributed by atoms with Crippen LogP contribution < -0.4 is 0 Å². The van der Waals surface area contributed by atoms with Crippen LogP contribution in [0.3, 0.4) is 0 Å². The number of morpholine rings is 1. The normalized spacial score (nSPS) is 15.2. The molecule has 0 aromatic heterocycles. The maximum atomic E-state index is 13.6. The van der Waals surface area contributed by atoms with Crippen molar-refractivity contribution in [1.29, 1.82) is 0 Å². The zero-order valence-corrected chi connectivity index (χ0v) is 15.7. The Bertz CT molecular complexity index is 985. The second-order valence-electron chi connectivity index (χ2n) is 6.02. The molecule has 1 aliphatic rings. The number of nitrogens with zero attached hydrogens (tertiary/aromatic N) is 1. The molecular weight excluding hydrogens is 389 g/mol. The molecule has 0 saturated carbocycles. The molecule has 1 aliphatic heterocycles. The van der Waals surface area contributed by atoms with Crippen LogP contribution in [0.4, 0.5) is 4.39 Å². The van der Waals surface area contributed by atoms with Crippen molar-refractivity contribution in [1.82, 2.24) is 4.31 Å². The number of ether oxygens (including phenoxy) is 2. The summed E-state index contributed by atoms with van der Waals surface area (Å²) in [7, 11) is -3.77. The van der Waals surface area contributed by atoms with E-state index in [1.54, 1.807) is 0 Å². The molecule has 0 amide bonds. The lowest BCUT2D eigenvalue weighted by molar-refractivity contribution is 0.0473. The quantitative estimate of drug-likeness (QED) is 0.537. The van der Waals surface area contributed by atoms with Crippen molar-refractivity contribution in [2.75, 3.05) is 32.9 Å². The summed E-state index contributed by atoms with van der Waals surface area (Å²) in [5, 5.41) is 0. The van der Waals surface area contributed by atoms with Gasteiger partial charge >= 0.3 is 5.97 Å². The molecule has 3 rings (SSSR count). The van der Waals surface area contributed by atoms with Crippen LogP contribution in [0.25, 0.3) is 0 Å². The first-order chi connectivity index (χ1) is 13.4. The average molecular weight is 407 g/mol. The molecule has 0 unspecified atom stereocenters. The lowest BCUT2D eigenvalue weighted by Gasteiger charge is -2.26. The van der Waals surface area contributed by atoms with Crippen LogP contribution in [0.5, 0.6) is 0 Å². The molecule has 7 nitrogen and oxygen atoms in total. The predicted molar refractivity (Wildman–Crippen MR) is 97.0 cm³/mol. The van der Waals surface area contributed by atoms with Crippen LogP contribution in [0.15, 0.2) is 53.4 Å². The lowest BCUT2D eigenvalue weighted by Crippen LogP contribution is -2.40. The standard InChI is InChI=1S/C19H18FNO6S/c20-17-7-2-1-6-16(17)18(22)13-27-19(23)14-4-3-5-15(12-14)28(24,25)21-8-10-26-11-9-21/h1-7,12H,8-11,13H2. The summed E-state index contributed by atoms with van der Waals surface area (Å²) in [6.45, 7) is 0.417. The summed E-state index contributed by atoms with van der Waals surface area (Å²) in [5.41, 5.74) is -0.199. The van der Waals surface area contributed by atoms with Gasteiger partial charge in [-0.05, 0) is 30.3 Å². The number of benzene rings is 2. The summed E-state index contributed by atoms with van der Waals surface area (Å²) < 4.78 is 50.3. The number of hydrogen-bond acceptors (Lipinski definition) is 6. The molecule has 0 spiro atoms. The van der Waals surface area contributed by atoms with E-state index < -0.39 is 34.2 Å². The number of esters is 1. The number of carbonyl (C=O) groups excluding carboxylic acids is 2. The minimum Gasteiger partial charge on any atom is -0.454 e. The van der Waals surface area contributed by atoms with Gasteiger partial charge in [0.15, 0.2) is 6.61 Å². The van der Waals surface area contributed by atoms with E-state index in [9.17, 15) is 22.4 Å². The maximum absolute atomic E-state index is 13.6. The van der Waals surface area contributed by atoms with E-state index in [0.29, 0.717) is 13.2 Å². The summed E-state index contributed by atoms with van der Waals surface area (Å²) in [6, 6.07) is 10.7. The Hall–Kier alpha value is -2.62. The van der Waals surface area contributed by atoms with Crippen molar-refractivity contribution in [2.45, 2.75) is 4.90 Å². The van der Waals surface area contributed by atoms with E-state index in [4.69, 9.17) is 9.47 Å². The number of halogens is 1.